The van der Waals surface area contributed by atoms with Crippen LogP contribution in [0.4, 0.5) is 0 Å². The van der Waals surface area contributed by atoms with Crippen molar-refractivity contribution in [2.24, 2.45) is 0 Å². The zero-order valence-electron chi connectivity index (χ0n) is 14.8. The number of hydrogen-bond donors (Lipinski definition) is 1. The van der Waals surface area contributed by atoms with Crippen molar-refractivity contribution in [2.75, 3.05) is 26.9 Å². The lowest BCUT2D eigenvalue weighted by Crippen LogP contribution is -2.52. The number of methoxy groups -OCH3 is 1. The molecule has 3 rings (SSSR count). The summed E-state index contributed by atoms with van der Waals surface area (Å²) in [5.41, 5.74) is 0.0144. The molecule has 2 saturated heterocycles. The first-order valence-electron chi connectivity index (χ1n) is 8.86. The first-order valence-corrected chi connectivity index (χ1v) is 9.24. The largest absolute Gasteiger partial charge is 0.481 e. The van der Waals surface area contributed by atoms with Gasteiger partial charge in [0.2, 0.25) is 5.91 Å². The van der Waals surface area contributed by atoms with Crippen LogP contribution in [0.25, 0.3) is 0 Å². The fourth-order valence-electron chi connectivity index (χ4n) is 4.13. The fraction of sp³-hybridized carbons (Fsp3) is 0.579. The highest BCUT2D eigenvalue weighted by molar-refractivity contribution is 6.31. The number of rotatable bonds is 5. The first kappa shape index (κ1) is 19.1. The number of halogens is 1. The maximum absolute atomic E-state index is 13.7. The molecule has 0 aromatic heterocycles. The van der Waals surface area contributed by atoms with Gasteiger partial charge in [-0.15, -0.1) is 0 Å². The number of carboxylic acid groups (broad SMARTS) is 1. The number of carbonyl (C=O) groups excluding carboxylic acids is 1. The summed E-state index contributed by atoms with van der Waals surface area (Å²) in [6, 6.07) is 7.03. The highest BCUT2D eigenvalue weighted by Crippen LogP contribution is 2.42. The molecule has 0 aliphatic carbocycles. The second-order valence-corrected chi connectivity index (χ2v) is 7.38. The molecule has 2 aliphatic rings. The Morgan fingerprint density at radius 1 is 1.35 bits per heavy atom. The number of nitrogens with zero attached hydrogens (tertiary/aromatic N) is 1. The topological polar surface area (TPSA) is 76.1 Å². The average molecular weight is 382 g/mol. The molecule has 2 unspecified atom stereocenters. The van der Waals surface area contributed by atoms with Gasteiger partial charge in [-0.25, -0.2) is 0 Å². The van der Waals surface area contributed by atoms with Gasteiger partial charge >= 0.3 is 5.97 Å². The van der Waals surface area contributed by atoms with Crippen LogP contribution in [-0.2, 0) is 24.5 Å². The lowest BCUT2D eigenvalue weighted by Gasteiger charge is -2.41. The van der Waals surface area contributed by atoms with Crippen molar-refractivity contribution in [1.82, 2.24) is 4.90 Å². The molecule has 7 heteroatoms. The number of carbonyl (C=O) groups is 2. The summed E-state index contributed by atoms with van der Waals surface area (Å²) in [7, 11) is 1.59. The molecule has 1 aromatic rings. The predicted molar refractivity (Wildman–Crippen MR) is 96.4 cm³/mol. The lowest BCUT2D eigenvalue weighted by atomic mass is 9.72. The molecule has 2 atom stereocenters. The van der Waals surface area contributed by atoms with Gasteiger partial charge in [-0.1, -0.05) is 29.8 Å². The molecule has 1 amide bonds. The number of hydrogen-bond acceptors (Lipinski definition) is 4. The second kappa shape index (κ2) is 7.94. The highest BCUT2D eigenvalue weighted by atomic mass is 35.5. The van der Waals surface area contributed by atoms with Gasteiger partial charge in [0.05, 0.1) is 17.9 Å². The number of amides is 1. The van der Waals surface area contributed by atoms with E-state index in [1.54, 1.807) is 18.1 Å². The molecule has 26 heavy (non-hydrogen) atoms. The molecule has 0 spiro atoms. The van der Waals surface area contributed by atoms with Crippen LogP contribution in [-0.4, -0.2) is 60.9 Å². The normalized spacial score (nSPS) is 25.2. The van der Waals surface area contributed by atoms with E-state index in [0.717, 1.165) is 5.56 Å². The molecule has 2 heterocycles. The summed E-state index contributed by atoms with van der Waals surface area (Å²) in [5, 5.41) is 9.80. The Kier molecular flexibility index (Phi) is 5.85. The lowest BCUT2D eigenvalue weighted by molar-refractivity contribution is -0.145. The van der Waals surface area contributed by atoms with E-state index in [1.165, 1.54) is 0 Å². The number of aliphatic carboxylic acids is 1. The van der Waals surface area contributed by atoms with Crippen LogP contribution >= 0.6 is 11.6 Å². The fourth-order valence-corrected chi connectivity index (χ4v) is 4.45. The maximum Gasteiger partial charge on any atom is 0.305 e. The Morgan fingerprint density at radius 2 is 2.04 bits per heavy atom. The maximum atomic E-state index is 13.7. The third-order valence-electron chi connectivity index (χ3n) is 5.53. The monoisotopic (exact) mass is 381 g/mol. The van der Waals surface area contributed by atoms with Gasteiger partial charge in [-0.3, -0.25) is 9.59 Å². The minimum Gasteiger partial charge on any atom is -0.481 e. The van der Waals surface area contributed by atoms with Crippen LogP contribution in [0.2, 0.25) is 5.02 Å². The van der Waals surface area contributed by atoms with Crippen LogP contribution in [0.5, 0.6) is 0 Å². The van der Waals surface area contributed by atoms with E-state index >= 15 is 0 Å². The Hall–Kier alpha value is -1.63. The number of carboxylic acids is 1. The quantitative estimate of drug-likeness (QED) is 0.848. The van der Waals surface area contributed by atoms with E-state index in [4.69, 9.17) is 21.1 Å². The average Bonchev–Trinajstić information content (AvgIpc) is 3.04. The van der Waals surface area contributed by atoms with Crippen molar-refractivity contribution in [3.8, 4) is 0 Å². The molecular formula is C19H24ClNO5. The number of likely N-dealkylation sites (tertiary alicyclic amines) is 1. The van der Waals surface area contributed by atoms with E-state index in [-0.39, 0.29) is 24.5 Å². The van der Waals surface area contributed by atoms with E-state index in [0.29, 0.717) is 44.0 Å². The molecule has 0 saturated carbocycles. The van der Waals surface area contributed by atoms with Crippen molar-refractivity contribution < 1.29 is 24.2 Å². The van der Waals surface area contributed by atoms with Gasteiger partial charge < -0.3 is 19.5 Å². The van der Waals surface area contributed by atoms with Crippen molar-refractivity contribution in [3.05, 3.63) is 34.9 Å². The molecule has 142 valence electrons. The van der Waals surface area contributed by atoms with Crippen LogP contribution < -0.4 is 0 Å². The van der Waals surface area contributed by atoms with E-state index < -0.39 is 11.4 Å². The molecule has 0 bridgehead atoms. The Balaban J connectivity index is 1.97. The van der Waals surface area contributed by atoms with Gasteiger partial charge in [0.15, 0.2) is 0 Å². The molecule has 2 fully saturated rings. The summed E-state index contributed by atoms with van der Waals surface area (Å²) < 4.78 is 10.9. The molecule has 6 nitrogen and oxygen atoms in total. The van der Waals surface area contributed by atoms with Crippen molar-refractivity contribution in [3.63, 3.8) is 0 Å². The van der Waals surface area contributed by atoms with Crippen molar-refractivity contribution in [1.29, 1.82) is 0 Å². The van der Waals surface area contributed by atoms with E-state index in [9.17, 15) is 14.7 Å². The van der Waals surface area contributed by atoms with Crippen LogP contribution in [0, 0.1) is 0 Å². The van der Waals surface area contributed by atoms with E-state index in [1.807, 2.05) is 18.2 Å². The summed E-state index contributed by atoms with van der Waals surface area (Å²) >= 11 is 6.44. The minimum absolute atomic E-state index is 0.0697. The third-order valence-corrected chi connectivity index (χ3v) is 5.86. The summed E-state index contributed by atoms with van der Waals surface area (Å²) in [5.74, 6) is -0.983. The highest BCUT2D eigenvalue weighted by Gasteiger charge is 2.49. The van der Waals surface area contributed by atoms with Crippen molar-refractivity contribution >= 4 is 23.5 Å². The van der Waals surface area contributed by atoms with Gasteiger partial charge in [-0.2, -0.15) is 0 Å². The molecule has 1 N–H and O–H groups in total. The smallest absolute Gasteiger partial charge is 0.305 e. The van der Waals surface area contributed by atoms with Gasteiger partial charge in [0, 0.05) is 37.9 Å². The second-order valence-electron chi connectivity index (χ2n) is 6.98. The Bertz CT molecular complexity index is 674. The molecule has 2 aliphatic heterocycles. The number of ether oxygens (including phenoxy) is 2. The van der Waals surface area contributed by atoms with E-state index in [2.05, 4.69) is 0 Å². The SMILES string of the molecule is COC1CC(CC(=O)O)N(C(=O)C2(c3ccccc3Cl)CCOCC2)C1. The van der Waals surface area contributed by atoms with Crippen LogP contribution in [0.3, 0.4) is 0 Å². The Morgan fingerprint density at radius 3 is 2.65 bits per heavy atom. The Labute approximate surface area is 158 Å². The van der Waals surface area contributed by atoms with Gasteiger partial charge in [0.1, 0.15) is 0 Å². The predicted octanol–water partition coefficient (Wildman–Crippen LogP) is 2.48. The summed E-state index contributed by atoms with van der Waals surface area (Å²) in [6.07, 6.45) is 1.36. The zero-order chi connectivity index (χ0) is 18.7. The van der Waals surface area contributed by atoms with Gasteiger partial charge in [0.25, 0.3) is 0 Å². The van der Waals surface area contributed by atoms with Crippen LogP contribution in [0.15, 0.2) is 24.3 Å². The van der Waals surface area contributed by atoms with Crippen molar-refractivity contribution in [2.45, 2.75) is 43.2 Å². The zero-order valence-corrected chi connectivity index (χ0v) is 15.6. The molecule has 1 aromatic carbocycles. The standard InChI is InChI=1S/C19H24ClNO5/c1-25-14-10-13(11-17(22)23)21(12-14)18(24)19(6-8-26-9-7-19)15-4-2-3-5-16(15)20/h2-5,13-14H,6-12H2,1H3,(H,22,23). The molecular weight excluding hydrogens is 358 g/mol. The van der Waals surface area contributed by atoms with Crippen LogP contribution in [0.1, 0.15) is 31.2 Å². The summed E-state index contributed by atoms with van der Waals surface area (Å²) in [4.78, 5) is 26.7. The first-order chi connectivity index (χ1) is 12.5. The third kappa shape index (κ3) is 3.59. The van der Waals surface area contributed by atoms with Gasteiger partial charge in [-0.05, 0) is 30.9 Å². The summed E-state index contributed by atoms with van der Waals surface area (Å²) in [6.45, 7) is 1.35. The number of benzene rings is 1. The molecule has 0 radical (unpaired) electrons. The minimum atomic E-state index is -0.914.